The molecule has 4 rings (SSSR count). The van der Waals surface area contributed by atoms with Crippen LogP contribution >= 0.6 is 11.8 Å². The molecular weight excluding hydrogens is 362 g/mol. The van der Waals surface area contributed by atoms with Gasteiger partial charge in [0.1, 0.15) is 5.75 Å². The Kier molecular flexibility index (Phi) is 4.94. The Balaban J connectivity index is 1.56. The van der Waals surface area contributed by atoms with E-state index in [0.29, 0.717) is 6.79 Å². The summed E-state index contributed by atoms with van der Waals surface area (Å²) >= 11 is 1.67. The van der Waals surface area contributed by atoms with Crippen LogP contribution < -0.4 is 14.2 Å². The first-order chi connectivity index (χ1) is 13.2. The molecule has 27 heavy (non-hydrogen) atoms. The van der Waals surface area contributed by atoms with Crippen molar-refractivity contribution in [3.05, 3.63) is 48.0 Å². The molecule has 1 aromatic heterocycles. The summed E-state index contributed by atoms with van der Waals surface area (Å²) in [6.45, 7) is 4.57. The molecule has 0 aliphatic carbocycles. The average Bonchev–Trinajstić information content (AvgIpc) is 3.32. The van der Waals surface area contributed by atoms with Gasteiger partial charge in [-0.3, -0.25) is 4.57 Å². The third kappa shape index (κ3) is 3.60. The van der Waals surface area contributed by atoms with Gasteiger partial charge in [0.2, 0.25) is 6.79 Å². The Morgan fingerprint density at radius 3 is 2.59 bits per heavy atom. The van der Waals surface area contributed by atoms with Crippen LogP contribution in [-0.4, -0.2) is 28.7 Å². The highest BCUT2D eigenvalue weighted by molar-refractivity contribution is 7.98. The maximum Gasteiger partial charge on any atom is 0.231 e. The number of rotatable bonds is 6. The summed E-state index contributed by atoms with van der Waals surface area (Å²) in [5, 5.41) is 9.77. The minimum absolute atomic E-state index is 0.247. The molecule has 140 valence electrons. The lowest BCUT2D eigenvalue weighted by molar-refractivity contribution is 0.174. The number of hydrogen-bond donors (Lipinski definition) is 0. The third-order valence-electron chi connectivity index (χ3n) is 4.33. The second-order valence-corrected chi connectivity index (χ2v) is 7.42. The zero-order valence-corrected chi connectivity index (χ0v) is 16.3. The Morgan fingerprint density at radius 1 is 1.07 bits per heavy atom. The van der Waals surface area contributed by atoms with Crippen molar-refractivity contribution in [2.24, 2.45) is 0 Å². The van der Waals surface area contributed by atoms with Crippen LogP contribution in [0.3, 0.4) is 0 Å². The van der Waals surface area contributed by atoms with Crippen molar-refractivity contribution in [1.29, 1.82) is 0 Å². The molecule has 3 aromatic rings. The Labute approximate surface area is 162 Å². The van der Waals surface area contributed by atoms with E-state index in [1.165, 1.54) is 0 Å². The van der Waals surface area contributed by atoms with Crippen LogP contribution in [0.2, 0.25) is 0 Å². The summed E-state index contributed by atoms with van der Waals surface area (Å²) in [6.07, 6.45) is 0. The molecule has 1 aliphatic rings. The van der Waals surface area contributed by atoms with Crippen LogP contribution in [0.15, 0.2) is 47.6 Å². The molecule has 0 N–H and O–H groups in total. The minimum Gasteiger partial charge on any atom is -0.497 e. The van der Waals surface area contributed by atoms with Crippen LogP contribution in [0.4, 0.5) is 0 Å². The van der Waals surface area contributed by atoms with Gasteiger partial charge in [0.05, 0.1) is 7.11 Å². The van der Waals surface area contributed by atoms with Crippen molar-refractivity contribution in [2.75, 3.05) is 13.9 Å². The average molecular weight is 383 g/mol. The van der Waals surface area contributed by atoms with Crippen molar-refractivity contribution < 1.29 is 14.2 Å². The van der Waals surface area contributed by atoms with Gasteiger partial charge in [-0.15, -0.1) is 10.2 Å². The number of ether oxygens (including phenoxy) is 3. The van der Waals surface area contributed by atoms with Crippen LogP contribution in [0.5, 0.6) is 17.2 Å². The number of fused-ring (bicyclic) bond motifs is 1. The normalized spacial score (nSPS) is 12.6. The molecule has 0 amide bonds. The molecule has 1 aliphatic heterocycles. The van der Waals surface area contributed by atoms with Crippen LogP contribution in [0.1, 0.15) is 25.5 Å². The van der Waals surface area contributed by atoms with Gasteiger partial charge in [0.15, 0.2) is 22.5 Å². The van der Waals surface area contributed by atoms with Gasteiger partial charge in [0, 0.05) is 17.4 Å². The third-order valence-corrected chi connectivity index (χ3v) is 5.35. The fourth-order valence-electron chi connectivity index (χ4n) is 2.96. The van der Waals surface area contributed by atoms with E-state index in [4.69, 9.17) is 14.2 Å². The van der Waals surface area contributed by atoms with Crippen molar-refractivity contribution in [2.45, 2.75) is 30.8 Å². The first kappa shape index (κ1) is 17.7. The molecule has 0 saturated heterocycles. The minimum atomic E-state index is 0.247. The quantitative estimate of drug-likeness (QED) is 0.582. The smallest absolute Gasteiger partial charge is 0.231 e. The molecule has 0 fully saturated rings. The van der Waals surface area contributed by atoms with Gasteiger partial charge < -0.3 is 14.2 Å². The largest absolute Gasteiger partial charge is 0.497 e. The molecular formula is C20H21N3O3S. The Bertz CT molecular complexity index is 938. The van der Waals surface area contributed by atoms with Crippen molar-refractivity contribution in [1.82, 2.24) is 14.8 Å². The molecule has 0 radical (unpaired) electrons. The van der Waals surface area contributed by atoms with Crippen LogP contribution in [0, 0.1) is 0 Å². The van der Waals surface area contributed by atoms with E-state index in [2.05, 4.69) is 34.7 Å². The fourth-order valence-corrected chi connectivity index (χ4v) is 3.97. The summed E-state index contributed by atoms with van der Waals surface area (Å²) in [6, 6.07) is 14.2. The number of aromatic nitrogens is 3. The highest BCUT2D eigenvalue weighted by Gasteiger charge is 2.18. The second-order valence-electron chi connectivity index (χ2n) is 6.47. The molecule has 0 saturated carbocycles. The molecule has 6 nitrogen and oxygen atoms in total. The van der Waals surface area contributed by atoms with E-state index >= 15 is 0 Å². The van der Waals surface area contributed by atoms with E-state index in [0.717, 1.165) is 45.1 Å². The predicted octanol–water partition coefficient (Wildman–Crippen LogP) is 4.56. The summed E-state index contributed by atoms with van der Waals surface area (Å²) in [5.74, 6) is 4.07. The first-order valence-corrected chi connectivity index (χ1v) is 9.75. The number of thioether (sulfide) groups is 1. The van der Waals surface area contributed by atoms with Crippen molar-refractivity contribution in [3.63, 3.8) is 0 Å². The molecule has 7 heteroatoms. The molecule has 0 bridgehead atoms. The SMILES string of the molecule is COc1ccc(-c2nnc(SCc3ccc4c(c3)OCO4)n2C(C)C)cc1. The zero-order chi connectivity index (χ0) is 18.8. The predicted molar refractivity (Wildman–Crippen MR) is 105 cm³/mol. The maximum absolute atomic E-state index is 5.46. The summed E-state index contributed by atoms with van der Waals surface area (Å²) in [5.41, 5.74) is 2.18. The molecule has 0 unspecified atom stereocenters. The van der Waals surface area contributed by atoms with Crippen molar-refractivity contribution in [3.8, 4) is 28.6 Å². The lowest BCUT2D eigenvalue weighted by atomic mass is 10.2. The van der Waals surface area contributed by atoms with E-state index < -0.39 is 0 Å². The van der Waals surface area contributed by atoms with Crippen LogP contribution in [-0.2, 0) is 5.75 Å². The van der Waals surface area contributed by atoms with Gasteiger partial charge in [-0.25, -0.2) is 0 Å². The van der Waals surface area contributed by atoms with Crippen molar-refractivity contribution >= 4 is 11.8 Å². The number of nitrogens with zero attached hydrogens (tertiary/aromatic N) is 3. The lowest BCUT2D eigenvalue weighted by Crippen LogP contribution is -2.05. The Morgan fingerprint density at radius 2 is 1.85 bits per heavy atom. The van der Waals surface area contributed by atoms with Gasteiger partial charge >= 0.3 is 0 Å². The van der Waals surface area contributed by atoms with Gasteiger partial charge in [-0.05, 0) is 55.8 Å². The number of benzene rings is 2. The topological polar surface area (TPSA) is 58.4 Å². The zero-order valence-electron chi connectivity index (χ0n) is 15.5. The summed E-state index contributed by atoms with van der Waals surface area (Å²) in [4.78, 5) is 0. The summed E-state index contributed by atoms with van der Waals surface area (Å²) in [7, 11) is 1.66. The number of methoxy groups -OCH3 is 1. The first-order valence-electron chi connectivity index (χ1n) is 8.76. The standard InChI is InChI=1S/C20H21N3O3S/c1-13(2)23-19(15-5-7-16(24-3)8-6-15)21-22-20(23)27-11-14-4-9-17-18(10-14)26-12-25-17/h4-10,13H,11-12H2,1-3H3. The van der Waals surface area contributed by atoms with Crippen LogP contribution in [0.25, 0.3) is 11.4 Å². The second kappa shape index (κ2) is 7.52. The van der Waals surface area contributed by atoms with Gasteiger partial charge in [-0.1, -0.05) is 17.8 Å². The molecule has 2 aromatic carbocycles. The molecule has 0 spiro atoms. The van der Waals surface area contributed by atoms with E-state index in [1.807, 2.05) is 36.4 Å². The van der Waals surface area contributed by atoms with E-state index in [1.54, 1.807) is 18.9 Å². The van der Waals surface area contributed by atoms with E-state index in [-0.39, 0.29) is 6.04 Å². The Hall–Kier alpha value is -2.67. The fraction of sp³-hybridized carbons (Fsp3) is 0.300. The summed E-state index contributed by atoms with van der Waals surface area (Å²) < 4.78 is 18.2. The van der Waals surface area contributed by atoms with Gasteiger partial charge in [-0.2, -0.15) is 0 Å². The highest BCUT2D eigenvalue weighted by atomic mass is 32.2. The maximum atomic E-state index is 5.46. The lowest BCUT2D eigenvalue weighted by Gasteiger charge is -2.14. The molecule has 0 atom stereocenters. The van der Waals surface area contributed by atoms with Gasteiger partial charge in [0.25, 0.3) is 0 Å². The highest BCUT2D eigenvalue weighted by Crippen LogP contribution is 2.35. The molecule has 2 heterocycles. The number of hydrogen-bond acceptors (Lipinski definition) is 6. The monoisotopic (exact) mass is 383 g/mol. The van der Waals surface area contributed by atoms with E-state index in [9.17, 15) is 0 Å².